The fourth-order valence-corrected chi connectivity index (χ4v) is 5.18. The third-order valence-corrected chi connectivity index (χ3v) is 7.05. The Kier molecular flexibility index (Phi) is 6.68. The maximum Gasteiger partial charge on any atom is 0.225 e. The Hall–Kier alpha value is -3.45. The summed E-state index contributed by atoms with van der Waals surface area (Å²) in [6, 6.07) is 18.8. The van der Waals surface area contributed by atoms with Gasteiger partial charge >= 0.3 is 0 Å². The van der Waals surface area contributed by atoms with Gasteiger partial charge in [0, 0.05) is 44.5 Å². The van der Waals surface area contributed by atoms with E-state index in [9.17, 15) is 13.6 Å². The van der Waals surface area contributed by atoms with Gasteiger partial charge in [-0.05, 0) is 53.4 Å². The molecule has 2 aliphatic heterocycles. The van der Waals surface area contributed by atoms with Gasteiger partial charge in [-0.2, -0.15) is 0 Å². The Morgan fingerprint density at radius 2 is 1.66 bits per heavy atom. The highest BCUT2D eigenvalue weighted by molar-refractivity contribution is 5.82. The molecular weight excluding hydrogens is 448 g/mol. The zero-order valence-electron chi connectivity index (χ0n) is 19.7. The number of benzene rings is 3. The highest BCUT2D eigenvalue weighted by Crippen LogP contribution is 2.38. The van der Waals surface area contributed by atoms with Crippen molar-refractivity contribution < 1.29 is 18.3 Å². The second kappa shape index (κ2) is 10.0. The van der Waals surface area contributed by atoms with Gasteiger partial charge in [0.25, 0.3) is 0 Å². The molecule has 0 aromatic heterocycles. The molecule has 2 aliphatic rings. The van der Waals surface area contributed by atoms with Gasteiger partial charge in [0.05, 0.1) is 19.1 Å². The maximum atomic E-state index is 13.4. The molecule has 0 bridgehead atoms. The van der Waals surface area contributed by atoms with Crippen LogP contribution in [0.1, 0.15) is 16.7 Å². The smallest absolute Gasteiger partial charge is 0.225 e. The van der Waals surface area contributed by atoms with Crippen LogP contribution in [0.4, 0.5) is 14.5 Å². The van der Waals surface area contributed by atoms with Gasteiger partial charge in [-0.25, -0.2) is 8.78 Å². The highest BCUT2D eigenvalue weighted by Gasteiger charge is 2.41. The Morgan fingerprint density at radius 1 is 0.971 bits per heavy atom. The summed E-state index contributed by atoms with van der Waals surface area (Å²) in [5, 5.41) is 3.07. The summed E-state index contributed by atoms with van der Waals surface area (Å²) in [7, 11) is 1.66. The predicted molar refractivity (Wildman–Crippen MR) is 131 cm³/mol. The number of hydrogen-bond acceptors (Lipinski definition) is 4. The normalized spacial score (nSPS) is 19.6. The van der Waals surface area contributed by atoms with E-state index in [1.807, 2.05) is 18.2 Å². The molecule has 1 amide bonds. The van der Waals surface area contributed by atoms with Crippen LogP contribution in [0.15, 0.2) is 66.7 Å². The third kappa shape index (κ3) is 5.15. The number of carbonyl (C=O) groups excluding carboxylic acids is 1. The molecule has 5 rings (SSSR count). The van der Waals surface area contributed by atoms with Crippen LogP contribution >= 0.6 is 0 Å². The van der Waals surface area contributed by atoms with Crippen LogP contribution in [-0.4, -0.2) is 43.6 Å². The van der Waals surface area contributed by atoms with Crippen molar-refractivity contribution in [3.05, 3.63) is 95.1 Å². The zero-order valence-corrected chi connectivity index (χ0v) is 19.7. The van der Waals surface area contributed by atoms with Crippen molar-refractivity contribution in [3.63, 3.8) is 0 Å². The van der Waals surface area contributed by atoms with Crippen LogP contribution in [0.25, 0.3) is 0 Å². The first-order chi connectivity index (χ1) is 17.0. The number of halogens is 2. The minimum absolute atomic E-state index is 0.00276. The fraction of sp³-hybridized carbons (Fsp3) is 0.321. The van der Waals surface area contributed by atoms with E-state index in [2.05, 4.69) is 27.2 Å². The predicted octanol–water partition coefficient (Wildman–Crippen LogP) is 4.15. The van der Waals surface area contributed by atoms with Crippen molar-refractivity contribution in [3.8, 4) is 5.75 Å². The Morgan fingerprint density at radius 3 is 2.34 bits per heavy atom. The minimum atomic E-state index is -0.293. The van der Waals surface area contributed by atoms with Crippen molar-refractivity contribution in [1.29, 1.82) is 0 Å². The van der Waals surface area contributed by atoms with Crippen LogP contribution in [0, 0.1) is 17.6 Å². The molecule has 2 heterocycles. The average Bonchev–Trinajstić information content (AvgIpc) is 2.88. The number of fused-ring (bicyclic) bond motifs is 3. The van der Waals surface area contributed by atoms with E-state index in [4.69, 9.17) is 4.74 Å². The zero-order chi connectivity index (χ0) is 24.4. The lowest BCUT2D eigenvalue weighted by molar-refractivity contribution is -0.126. The summed E-state index contributed by atoms with van der Waals surface area (Å²) >= 11 is 0. The minimum Gasteiger partial charge on any atom is -0.497 e. The number of rotatable bonds is 6. The van der Waals surface area contributed by atoms with Crippen molar-refractivity contribution in [2.75, 3.05) is 31.6 Å². The summed E-state index contributed by atoms with van der Waals surface area (Å²) in [6.45, 7) is 3.42. The number of methoxy groups -OCH3 is 1. The Labute approximate surface area is 204 Å². The van der Waals surface area contributed by atoms with E-state index in [-0.39, 0.29) is 29.5 Å². The Bertz CT molecular complexity index is 1180. The molecule has 0 radical (unpaired) electrons. The number of nitrogens with zero attached hydrogens (tertiary/aromatic N) is 2. The summed E-state index contributed by atoms with van der Waals surface area (Å²) in [4.78, 5) is 18.1. The number of nitrogens with one attached hydrogen (secondary N) is 1. The van der Waals surface area contributed by atoms with Gasteiger partial charge in [-0.3, -0.25) is 9.69 Å². The summed E-state index contributed by atoms with van der Waals surface area (Å²) in [6.07, 6.45) is 0.639. The van der Waals surface area contributed by atoms with Gasteiger partial charge in [0.1, 0.15) is 17.4 Å². The largest absolute Gasteiger partial charge is 0.497 e. The van der Waals surface area contributed by atoms with Gasteiger partial charge < -0.3 is 15.0 Å². The van der Waals surface area contributed by atoms with Crippen LogP contribution in [0.2, 0.25) is 0 Å². The monoisotopic (exact) mass is 477 g/mol. The molecule has 1 fully saturated rings. The molecule has 3 aromatic rings. The van der Waals surface area contributed by atoms with Crippen LogP contribution in [0.3, 0.4) is 0 Å². The first-order valence-corrected chi connectivity index (χ1v) is 11.9. The molecule has 35 heavy (non-hydrogen) atoms. The highest BCUT2D eigenvalue weighted by atomic mass is 19.1. The van der Waals surface area contributed by atoms with E-state index in [0.29, 0.717) is 19.5 Å². The molecule has 2 atom stereocenters. The fourth-order valence-electron chi connectivity index (χ4n) is 5.18. The molecule has 0 unspecified atom stereocenters. The number of ether oxygens (including phenoxy) is 1. The second-order valence-corrected chi connectivity index (χ2v) is 9.27. The third-order valence-electron chi connectivity index (χ3n) is 7.05. The molecule has 3 aromatic carbocycles. The lowest BCUT2D eigenvalue weighted by atomic mass is 9.83. The standard InChI is InChI=1S/C28H29F2N3O2/c1-35-24-11-6-21-14-25(28(34)31-16-19-2-7-22(29)8-3-19)27-18-32(12-13-33(27)26(21)15-24)17-20-4-9-23(30)10-5-20/h2-11,15,25,27H,12-14,16-18H2,1H3,(H,31,34)/t25-,27+/m1/s1. The van der Waals surface area contributed by atoms with E-state index in [1.165, 1.54) is 24.3 Å². The molecule has 0 saturated carbocycles. The van der Waals surface area contributed by atoms with Crippen molar-refractivity contribution in [2.24, 2.45) is 5.92 Å². The number of carbonyl (C=O) groups is 1. The average molecular weight is 478 g/mol. The topological polar surface area (TPSA) is 44.8 Å². The van der Waals surface area contributed by atoms with Crippen molar-refractivity contribution in [2.45, 2.75) is 25.6 Å². The van der Waals surface area contributed by atoms with Crippen molar-refractivity contribution in [1.82, 2.24) is 10.2 Å². The number of hydrogen-bond donors (Lipinski definition) is 1. The number of piperazine rings is 1. The van der Waals surface area contributed by atoms with E-state index in [1.54, 1.807) is 19.2 Å². The van der Waals surface area contributed by atoms with Gasteiger partial charge in [0.15, 0.2) is 0 Å². The SMILES string of the molecule is COc1ccc2c(c1)N1CCN(Cc3ccc(F)cc3)C[C@H]1[C@H](C(=O)NCc1ccc(F)cc1)C2. The molecule has 1 saturated heterocycles. The molecule has 0 aliphatic carbocycles. The quantitative estimate of drug-likeness (QED) is 0.579. The summed E-state index contributed by atoms with van der Waals surface area (Å²) < 4.78 is 32.1. The van der Waals surface area contributed by atoms with E-state index >= 15 is 0 Å². The molecule has 1 N–H and O–H groups in total. The summed E-state index contributed by atoms with van der Waals surface area (Å²) in [5.74, 6) is 0.0324. The van der Waals surface area contributed by atoms with Gasteiger partial charge in [-0.15, -0.1) is 0 Å². The first kappa shape index (κ1) is 23.3. The molecule has 0 spiro atoms. The molecule has 7 heteroatoms. The number of anilines is 1. The molecule has 182 valence electrons. The lowest BCUT2D eigenvalue weighted by Gasteiger charge is -2.49. The number of amides is 1. The van der Waals surface area contributed by atoms with Crippen LogP contribution in [-0.2, 0) is 24.3 Å². The Balaban J connectivity index is 1.36. The van der Waals surface area contributed by atoms with Crippen LogP contribution < -0.4 is 15.0 Å². The van der Waals surface area contributed by atoms with Crippen molar-refractivity contribution >= 4 is 11.6 Å². The first-order valence-electron chi connectivity index (χ1n) is 11.9. The van der Waals surface area contributed by atoms with Crippen LogP contribution in [0.5, 0.6) is 5.75 Å². The maximum absolute atomic E-state index is 13.4. The molecular formula is C28H29F2N3O2. The van der Waals surface area contributed by atoms with E-state index in [0.717, 1.165) is 47.8 Å². The van der Waals surface area contributed by atoms with Gasteiger partial charge in [-0.1, -0.05) is 30.3 Å². The second-order valence-electron chi connectivity index (χ2n) is 9.27. The lowest BCUT2D eigenvalue weighted by Crippen LogP contribution is -2.60. The molecule has 5 nitrogen and oxygen atoms in total. The summed E-state index contributed by atoms with van der Waals surface area (Å²) in [5.41, 5.74) is 4.17. The van der Waals surface area contributed by atoms with E-state index < -0.39 is 0 Å². The van der Waals surface area contributed by atoms with Gasteiger partial charge in [0.2, 0.25) is 5.91 Å².